The van der Waals surface area contributed by atoms with E-state index < -0.39 is 0 Å². The second kappa shape index (κ2) is 9.76. The molecular weight excluding hydrogens is 461 g/mol. The lowest BCUT2D eigenvalue weighted by Gasteiger charge is -2.26. The monoisotopic (exact) mass is 493 g/mol. The first-order valence-electron chi connectivity index (χ1n) is 10.3. The van der Waals surface area contributed by atoms with Gasteiger partial charge in [-0.3, -0.25) is 0 Å². The molecule has 0 atom stereocenters. The van der Waals surface area contributed by atoms with Gasteiger partial charge in [-0.15, -0.1) is 24.0 Å². The molecule has 0 radical (unpaired) electrons. The molecule has 1 aliphatic heterocycles. The second-order valence-corrected chi connectivity index (χ2v) is 8.10. The number of aliphatic imine (C=N–C) groups is 1. The number of benzene rings is 1. The molecule has 1 spiro atoms. The van der Waals surface area contributed by atoms with Gasteiger partial charge in [0.25, 0.3) is 0 Å². The maximum absolute atomic E-state index is 4.97. The highest BCUT2D eigenvalue weighted by molar-refractivity contribution is 14.0. The molecule has 0 unspecified atom stereocenters. The smallest absolute Gasteiger partial charge is 0.194 e. The molecule has 152 valence electrons. The Morgan fingerprint density at radius 2 is 2.04 bits per heavy atom. The van der Waals surface area contributed by atoms with Crippen LogP contribution >= 0.6 is 24.0 Å². The fourth-order valence-corrected chi connectivity index (χ4v) is 4.66. The summed E-state index contributed by atoms with van der Waals surface area (Å²) >= 11 is 0. The third kappa shape index (κ3) is 5.07. The van der Waals surface area contributed by atoms with Crippen molar-refractivity contribution in [2.45, 2.75) is 52.1 Å². The fourth-order valence-electron chi connectivity index (χ4n) is 4.66. The second-order valence-electron chi connectivity index (χ2n) is 8.10. The van der Waals surface area contributed by atoms with E-state index in [1.165, 1.54) is 49.8 Å². The minimum atomic E-state index is 0. The lowest BCUT2D eigenvalue weighted by Crippen LogP contribution is -2.41. The molecule has 1 N–H and O–H groups in total. The molecule has 2 aromatic rings. The van der Waals surface area contributed by atoms with Crippen LogP contribution in [0.2, 0.25) is 0 Å². The molecule has 5 nitrogen and oxygen atoms in total. The summed E-state index contributed by atoms with van der Waals surface area (Å²) in [6.45, 7) is 6.98. The number of rotatable bonds is 5. The van der Waals surface area contributed by atoms with Crippen molar-refractivity contribution in [1.82, 2.24) is 19.8 Å². The first-order chi connectivity index (χ1) is 13.3. The van der Waals surface area contributed by atoms with Gasteiger partial charge in [0.2, 0.25) is 0 Å². The lowest BCUT2D eigenvalue weighted by molar-refractivity contribution is 0.309. The summed E-state index contributed by atoms with van der Waals surface area (Å²) in [5, 5.41) is 3.52. The molecule has 6 heteroatoms. The van der Waals surface area contributed by atoms with Gasteiger partial charge in [-0.1, -0.05) is 37.1 Å². The summed E-state index contributed by atoms with van der Waals surface area (Å²) in [6, 6.07) is 8.73. The van der Waals surface area contributed by atoms with E-state index in [-0.39, 0.29) is 24.0 Å². The molecule has 1 aliphatic carbocycles. The van der Waals surface area contributed by atoms with Crippen molar-refractivity contribution in [2.24, 2.45) is 10.4 Å². The summed E-state index contributed by atoms with van der Waals surface area (Å²) in [7, 11) is 0. The average Bonchev–Trinajstić information content (AvgIpc) is 3.43. The molecule has 0 amide bonds. The number of hydrogen-bond donors (Lipinski definition) is 1. The van der Waals surface area contributed by atoms with Crippen LogP contribution < -0.4 is 5.32 Å². The van der Waals surface area contributed by atoms with E-state index in [1.807, 2.05) is 18.7 Å². The third-order valence-electron chi connectivity index (χ3n) is 6.06. The highest BCUT2D eigenvalue weighted by Crippen LogP contribution is 2.45. The highest BCUT2D eigenvalue weighted by atomic mass is 127. The summed E-state index contributed by atoms with van der Waals surface area (Å²) in [5.74, 6) is 1.08. The minimum absolute atomic E-state index is 0. The molecule has 1 aromatic heterocycles. The van der Waals surface area contributed by atoms with Crippen LogP contribution in [0.3, 0.4) is 0 Å². The van der Waals surface area contributed by atoms with E-state index in [1.54, 1.807) is 0 Å². The van der Waals surface area contributed by atoms with Gasteiger partial charge in [-0.05, 0) is 42.7 Å². The van der Waals surface area contributed by atoms with Crippen molar-refractivity contribution < 1.29 is 0 Å². The SMILES string of the molecule is CCNC(=NCc1cccc(Cn2ccnc2)c1)N1CCC2(CCCC2)C1.I. The lowest BCUT2D eigenvalue weighted by atomic mass is 9.86. The number of hydrogen-bond acceptors (Lipinski definition) is 2. The maximum atomic E-state index is 4.97. The number of nitrogens with zero attached hydrogens (tertiary/aromatic N) is 4. The molecule has 28 heavy (non-hydrogen) atoms. The fraction of sp³-hybridized carbons (Fsp3) is 0.545. The van der Waals surface area contributed by atoms with Gasteiger partial charge in [0.05, 0.1) is 12.9 Å². The molecule has 2 aliphatic rings. The van der Waals surface area contributed by atoms with E-state index in [0.29, 0.717) is 5.41 Å². The Morgan fingerprint density at radius 1 is 1.21 bits per heavy atom. The van der Waals surface area contributed by atoms with Crippen LogP contribution in [0, 0.1) is 5.41 Å². The summed E-state index contributed by atoms with van der Waals surface area (Å²) < 4.78 is 2.09. The third-order valence-corrected chi connectivity index (χ3v) is 6.06. The normalized spacial score (nSPS) is 18.5. The van der Waals surface area contributed by atoms with Gasteiger partial charge in [0.15, 0.2) is 5.96 Å². The van der Waals surface area contributed by atoms with Crippen LogP contribution in [0.1, 0.15) is 50.2 Å². The molecule has 2 fully saturated rings. The van der Waals surface area contributed by atoms with Crippen LogP contribution in [0.15, 0.2) is 48.0 Å². The largest absolute Gasteiger partial charge is 0.357 e. The summed E-state index contributed by atoms with van der Waals surface area (Å²) in [6.07, 6.45) is 12.6. The molecular formula is C22H32IN5. The van der Waals surface area contributed by atoms with Crippen molar-refractivity contribution in [3.05, 3.63) is 54.1 Å². The number of imidazole rings is 1. The average molecular weight is 493 g/mol. The predicted molar refractivity (Wildman–Crippen MR) is 125 cm³/mol. The van der Waals surface area contributed by atoms with E-state index in [4.69, 9.17) is 4.99 Å². The molecule has 1 saturated heterocycles. The molecule has 2 heterocycles. The van der Waals surface area contributed by atoms with Crippen LogP contribution in [0.4, 0.5) is 0 Å². The Hall–Kier alpha value is -1.57. The summed E-state index contributed by atoms with van der Waals surface area (Å²) in [4.78, 5) is 11.6. The Kier molecular flexibility index (Phi) is 7.37. The number of nitrogens with one attached hydrogen (secondary N) is 1. The van der Waals surface area contributed by atoms with Crippen molar-refractivity contribution >= 4 is 29.9 Å². The first kappa shape index (κ1) is 21.1. The van der Waals surface area contributed by atoms with E-state index in [2.05, 4.69) is 51.0 Å². The van der Waals surface area contributed by atoms with Gasteiger partial charge in [-0.25, -0.2) is 9.98 Å². The predicted octanol–water partition coefficient (Wildman–Crippen LogP) is 4.28. The van der Waals surface area contributed by atoms with Crippen molar-refractivity contribution in [1.29, 1.82) is 0 Å². The zero-order valence-electron chi connectivity index (χ0n) is 16.8. The Balaban J connectivity index is 0.00000225. The number of likely N-dealkylation sites (tertiary alicyclic amines) is 1. The Bertz CT molecular complexity index is 765. The standard InChI is InChI=1S/C22H31N5.HI/c1-2-24-21(27-12-10-22(17-27)8-3-4-9-22)25-15-19-6-5-7-20(14-19)16-26-13-11-23-18-26;/h5-7,11,13-14,18H,2-4,8-10,12,15-17H2,1H3,(H,24,25);1H. The highest BCUT2D eigenvalue weighted by Gasteiger charge is 2.41. The maximum Gasteiger partial charge on any atom is 0.194 e. The van der Waals surface area contributed by atoms with Crippen molar-refractivity contribution in [2.75, 3.05) is 19.6 Å². The van der Waals surface area contributed by atoms with Gasteiger partial charge in [0.1, 0.15) is 0 Å². The molecule has 0 bridgehead atoms. The minimum Gasteiger partial charge on any atom is -0.357 e. The number of guanidine groups is 1. The first-order valence-corrected chi connectivity index (χ1v) is 10.3. The molecule has 4 rings (SSSR count). The van der Waals surface area contributed by atoms with E-state index in [0.717, 1.165) is 32.1 Å². The molecule has 1 aromatic carbocycles. The van der Waals surface area contributed by atoms with Crippen molar-refractivity contribution in [3.63, 3.8) is 0 Å². The summed E-state index contributed by atoms with van der Waals surface area (Å²) in [5.41, 5.74) is 3.12. The Labute approximate surface area is 185 Å². The topological polar surface area (TPSA) is 45.5 Å². The van der Waals surface area contributed by atoms with Crippen LogP contribution in [0.25, 0.3) is 0 Å². The number of aromatic nitrogens is 2. The van der Waals surface area contributed by atoms with Gasteiger partial charge in [0, 0.05) is 38.6 Å². The van der Waals surface area contributed by atoms with E-state index >= 15 is 0 Å². The zero-order chi connectivity index (χ0) is 18.5. The van der Waals surface area contributed by atoms with Crippen molar-refractivity contribution in [3.8, 4) is 0 Å². The number of halogens is 1. The van der Waals surface area contributed by atoms with Gasteiger partial charge >= 0.3 is 0 Å². The van der Waals surface area contributed by atoms with Crippen LogP contribution in [-0.2, 0) is 13.1 Å². The van der Waals surface area contributed by atoms with Gasteiger partial charge < -0.3 is 14.8 Å². The quantitative estimate of drug-likeness (QED) is 0.384. The molecule has 1 saturated carbocycles. The van der Waals surface area contributed by atoms with Crippen LogP contribution in [0.5, 0.6) is 0 Å². The van der Waals surface area contributed by atoms with Gasteiger partial charge in [-0.2, -0.15) is 0 Å². The van der Waals surface area contributed by atoms with E-state index in [9.17, 15) is 0 Å². The zero-order valence-corrected chi connectivity index (χ0v) is 19.1. The Morgan fingerprint density at radius 3 is 2.79 bits per heavy atom. The van der Waals surface area contributed by atoms with Crippen LogP contribution in [-0.4, -0.2) is 40.0 Å².